The molecule has 0 unspecified atom stereocenters. The number of morpholine rings is 1. The zero-order chi connectivity index (χ0) is 23.5. The van der Waals surface area contributed by atoms with E-state index in [0.717, 1.165) is 51.5 Å². The quantitative estimate of drug-likeness (QED) is 0.368. The van der Waals surface area contributed by atoms with Gasteiger partial charge in [0.1, 0.15) is 5.82 Å². The number of benzene rings is 1. The van der Waals surface area contributed by atoms with Crippen molar-refractivity contribution in [1.29, 1.82) is 0 Å². The number of nitrogens with zero attached hydrogens (tertiary/aromatic N) is 4. The fourth-order valence-electron chi connectivity index (χ4n) is 3.76. The van der Waals surface area contributed by atoms with Gasteiger partial charge in [0, 0.05) is 24.0 Å². The summed E-state index contributed by atoms with van der Waals surface area (Å²) in [6.07, 6.45) is 3.84. The molecule has 0 spiro atoms. The van der Waals surface area contributed by atoms with Crippen LogP contribution in [0, 0.1) is 0 Å². The van der Waals surface area contributed by atoms with Crippen LogP contribution >= 0.6 is 11.3 Å². The molecule has 1 saturated heterocycles. The van der Waals surface area contributed by atoms with Crippen molar-refractivity contribution >= 4 is 49.1 Å². The van der Waals surface area contributed by atoms with E-state index in [2.05, 4.69) is 20.2 Å². The van der Waals surface area contributed by atoms with Crippen LogP contribution in [0.5, 0.6) is 0 Å². The number of anilines is 3. The summed E-state index contributed by atoms with van der Waals surface area (Å²) < 4.78 is 37.3. The predicted molar refractivity (Wildman–Crippen MR) is 134 cm³/mol. The van der Waals surface area contributed by atoms with Crippen molar-refractivity contribution in [2.24, 2.45) is 0 Å². The summed E-state index contributed by atoms with van der Waals surface area (Å²) in [6.45, 7) is 3.10. The standard InChI is InChI=1S/C23H23N5O4S2/c29-34(30,31)12-7-16-1-3-17(4-2-16)19-15-33-20-14-25-23(27-22(19)20)26-18-5-6-21(24-13-18)28-8-10-32-11-9-28/h1-6,13-15H,7-12H2,(H,25,26,27)(H,29,30,31). The molecule has 0 atom stereocenters. The minimum Gasteiger partial charge on any atom is -0.378 e. The van der Waals surface area contributed by atoms with E-state index in [9.17, 15) is 8.42 Å². The summed E-state index contributed by atoms with van der Waals surface area (Å²) in [6, 6.07) is 11.5. The molecule has 2 N–H and O–H groups in total. The lowest BCUT2D eigenvalue weighted by Gasteiger charge is -2.27. The van der Waals surface area contributed by atoms with Gasteiger partial charge in [-0.2, -0.15) is 8.42 Å². The van der Waals surface area contributed by atoms with Crippen LogP contribution in [-0.2, 0) is 21.3 Å². The summed E-state index contributed by atoms with van der Waals surface area (Å²) in [7, 11) is -3.98. The number of aryl methyl sites for hydroxylation is 1. The van der Waals surface area contributed by atoms with E-state index in [1.54, 1.807) is 23.7 Å². The lowest BCUT2D eigenvalue weighted by atomic mass is 10.0. The molecule has 176 valence electrons. The normalized spacial score (nSPS) is 14.4. The number of nitrogens with one attached hydrogen (secondary N) is 1. The van der Waals surface area contributed by atoms with Gasteiger partial charge >= 0.3 is 0 Å². The Kier molecular flexibility index (Phi) is 6.42. The highest BCUT2D eigenvalue weighted by atomic mass is 32.2. The average molecular weight is 498 g/mol. The van der Waals surface area contributed by atoms with Crippen LogP contribution in [0.2, 0.25) is 0 Å². The van der Waals surface area contributed by atoms with Crippen LogP contribution in [0.25, 0.3) is 21.3 Å². The Morgan fingerprint density at radius 1 is 1.06 bits per heavy atom. The summed E-state index contributed by atoms with van der Waals surface area (Å²) in [5.74, 6) is 1.11. The van der Waals surface area contributed by atoms with Crippen LogP contribution in [0.4, 0.5) is 17.5 Å². The first-order chi connectivity index (χ1) is 16.4. The van der Waals surface area contributed by atoms with E-state index >= 15 is 0 Å². The van der Waals surface area contributed by atoms with Crippen molar-refractivity contribution in [1.82, 2.24) is 15.0 Å². The second-order valence-electron chi connectivity index (χ2n) is 7.92. The molecule has 11 heteroatoms. The molecule has 0 amide bonds. The fourth-order valence-corrected chi connectivity index (χ4v) is 5.13. The van der Waals surface area contributed by atoms with E-state index in [-0.39, 0.29) is 12.2 Å². The molecule has 0 aliphatic carbocycles. The van der Waals surface area contributed by atoms with Gasteiger partial charge in [0.05, 0.1) is 47.3 Å². The van der Waals surface area contributed by atoms with Crippen molar-refractivity contribution < 1.29 is 17.7 Å². The first-order valence-electron chi connectivity index (χ1n) is 10.8. The van der Waals surface area contributed by atoms with Crippen LogP contribution in [0.15, 0.2) is 54.2 Å². The van der Waals surface area contributed by atoms with Gasteiger partial charge in [0.15, 0.2) is 0 Å². The van der Waals surface area contributed by atoms with E-state index < -0.39 is 10.1 Å². The Morgan fingerprint density at radius 2 is 1.85 bits per heavy atom. The molecule has 34 heavy (non-hydrogen) atoms. The van der Waals surface area contributed by atoms with E-state index in [1.165, 1.54) is 0 Å². The molecule has 1 fully saturated rings. The van der Waals surface area contributed by atoms with Gasteiger partial charge in [-0.15, -0.1) is 11.3 Å². The molecule has 5 rings (SSSR count). The maximum atomic E-state index is 11.0. The van der Waals surface area contributed by atoms with Crippen molar-refractivity contribution in [2.45, 2.75) is 6.42 Å². The van der Waals surface area contributed by atoms with E-state index in [4.69, 9.17) is 14.3 Å². The van der Waals surface area contributed by atoms with Gasteiger partial charge in [-0.3, -0.25) is 4.55 Å². The monoisotopic (exact) mass is 497 g/mol. The largest absolute Gasteiger partial charge is 0.378 e. The number of pyridine rings is 1. The third kappa shape index (κ3) is 5.33. The molecule has 1 aromatic carbocycles. The van der Waals surface area contributed by atoms with Crippen LogP contribution in [0.3, 0.4) is 0 Å². The number of hydrogen-bond donors (Lipinski definition) is 2. The summed E-state index contributed by atoms with van der Waals surface area (Å²) in [5, 5.41) is 5.27. The topological polar surface area (TPSA) is 118 Å². The maximum Gasteiger partial charge on any atom is 0.265 e. The second-order valence-corrected chi connectivity index (χ2v) is 10.4. The molecule has 1 aliphatic heterocycles. The first-order valence-corrected chi connectivity index (χ1v) is 13.3. The predicted octanol–water partition coefficient (Wildman–Crippen LogP) is 3.76. The van der Waals surface area contributed by atoms with Gasteiger partial charge in [-0.25, -0.2) is 15.0 Å². The first kappa shape index (κ1) is 22.7. The number of aromatic nitrogens is 3. The Labute approximate surface area is 201 Å². The number of thiophene rings is 1. The molecular weight excluding hydrogens is 474 g/mol. The second kappa shape index (κ2) is 9.63. The van der Waals surface area contributed by atoms with Gasteiger partial charge in [0.2, 0.25) is 5.95 Å². The highest BCUT2D eigenvalue weighted by Gasteiger charge is 2.13. The minimum atomic E-state index is -3.98. The van der Waals surface area contributed by atoms with Crippen molar-refractivity contribution in [3.05, 3.63) is 59.7 Å². The molecule has 0 saturated carbocycles. The fraction of sp³-hybridized carbons (Fsp3) is 0.261. The number of hydrogen-bond acceptors (Lipinski definition) is 9. The molecule has 1 aliphatic rings. The zero-order valence-corrected chi connectivity index (χ0v) is 19.8. The molecular formula is C23H23N5O4S2. The molecule has 3 aromatic heterocycles. The Morgan fingerprint density at radius 3 is 2.56 bits per heavy atom. The average Bonchev–Trinajstić information content (AvgIpc) is 3.27. The number of fused-ring (bicyclic) bond motifs is 1. The Bertz CT molecular complexity index is 1380. The van der Waals surface area contributed by atoms with Gasteiger partial charge in [-0.1, -0.05) is 24.3 Å². The lowest BCUT2D eigenvalue weighted by Crippen LogP contribution is -2.36. The smallest absolute Gasteiger partial charge is 0.265 e. The van der Waals surface area contributed by atoms with Crippen molar-refractivity contribution in [3.63, 3.8) is 0 Å². The third-order valence-electron chi connectivity index (χ3n) is 5.57. The van der Waals surface area contributed by atoms with Crippen LogP contribution < -0.4 is 10.2 Å². The highest BCUT2D eigenvalue weighted by molar-refractivity contribution is 7.85. The zero-order valence-electron chi connectivity index (χ0n) is 18.2. The molecule has 4 aromatic rings. The summed E-state index contributed by atoms with van der Waals surface area (Å²) in [4.78, 5) is 15.9. The molecule has 0 bridgehead atoms. The lowest BCUT2D eigenvalue weighted by molar-refractivity contribution is 0.122. The number of ether oxygens (including phenoxy) is 1. The van der Waals surface area contributed by atoms with Gasteiger partial charge in [-0.05, 0) is 29.7 Å². The summed E-state index contributed by atoms with van der Waals surface area (Å²) >= 11 is 1.57. The Hall–Kier alpha value is -3.12. The van der Waals surface area contributed by atoms with Crippen LogP contribution in [0.1, 0.15) is 5.56 Å². The SMILES string of the molecule is O=S(=O)(O)CCc1ccc(-c2csc3cnc(Nc4ccc(N5CCOCC5)nc4)nc23)cc1. The summed E-state index contributed by atoms with van der Waals surface area (Å²) in [5.41, 5.74) is 4.43. The Balaban J connectivity index is 1.33. The highest BCUT2D eigenvalue weighted by Crippen LogP contribution is 2.33. The minimum absolute atomic E-state index is 0.262. The van der Waals surface area contributed by atoms with Crippen LogP contribution in [-0.4, -0.2) is 60.0 Å². The van der Waals surface area contributed by atoms with Crippen molar-refractivity contribution in [2.75, 3.05) is 42.3 Å². The van der Waals surface area contributed by atoms with E-state index in [0.29, 0.717) is 19.2 Å². The maximum absolute atomic E-state index is 11.0. The molecule has 4 heterocycles. The molecule has 9 nitrogen and oxygen atoms in total. The van der Waals surface area contributed by atoms with E-state index in [1.807, 2.05) is 41.8 Å². The van der Waals surface area contributed by atoms with Crippen molar-refractivity contribution in [3.8, 4) is 11.1 Å². The third-order valence-corrected chi connectivity index (χ3v) is 7.19. The van der Waals surface area contributed by atoms with Gasteiger partial charge < -0.3 is 15.0 Å². The van der Waals surface area contributed by atoms with Gasteiger partial charge in [0.25, 0.3) is 10.1 Å². The molecule has 0 radical (unpaired) electrons. The number of rotatable bonds is 7.